The molecule has 0 saturated heterocycles. The maximum atomic E-state index is 11.9. The molecule has 0 radical (unpaired) electrons. The van der Waals surface area contributed by atoms with Crippen molar-refractivity contribution in [2.75, 3.05) is 0 Å². The topological polar surface area (TPSA) is 41.5 Å². The highest BCUT2D eigenvalue weighted by Crippen LogP contribution is 2.08. The maximum absolute atomic E-state index is 11.9. The second-order valence-corrected chi connectivity index (χ2v) is 5.16. The van der Waals surface area contributed by atoms with E-state index in [1.54, 1.807) is 6.07 Å². The molecule has 1 aromatic carbocycles. The lowest BCUT2D eigenvalue weighted by Gasteiger charge is -2.13. The van der Waals surface area contributed by atoms with Crippen molar-refractivity contribution in [1.82, 2.24) is 5.43 Å². The molecule has 0 aliphatic heterocycles. The quantitative estimate of drug-likeness (QED) is 0.642. The van der Waals surface area contributed by atoms with Crippen LogP contribution in [0.1, 0.15) is 43.6 Å². The summed E-state index contributed by atoms with van der Waals surface area (Å²) in [5.41, 5.74) is 5.36. The van der Waals surface area contributed by atoms with Gasteiger partial charge < -0.3 is 0 Å². The Morgan fingerprint density at radius 2 is 1.78 bits per heavy atom. The Hall–Kier alpha value is -1.64. The number of aryl methyl sites for hydroxylation is 1. The molecule has 0 aliphatic carbocycles. The smallest absolute Gasteiger partial charge is 0.267 e. The Bertz CT molecular complexity index is 438. The summed E-state index contributed by atoms with van der Waals surface area (Å²) in [6, 6.07) is 7.49. The van der Waals surface area contributed by atoms with Gasteiger partial charge in [0.15, 0.2) is 0 Å². The first-order valence-electron chi connectivity index (χ1n) is 6.36. The van der Waals surface area contributed by atoms with Gasteiger partial charge in [0, 0.05) is 11.3 Å². The van der Waals surface area contributed by atoms with Gasteiger partial charge in [-0.25, -0.2) is 5.43 Å². The summed E-state index contributed by atoms with van der Waals surface area (Å²) in [5.74, 6) is 0.517. The summed E-state index contributed by atoms with van der Waals surface area (Å²) in [6.45, 7) is 10.3. The molecule has 1 aromatic rings. The van der Waals surface area contributed by atoms with E-state index in [2.05, 4.69) is 38.2 Å². The molecule has 0 atom stereocenters. The van der Waals surface area contributed by atoms with E-state index in [1.165, 1.54) is 0 Å². The fourth-order valence-electron chi connectivity index (χ4n) is 1.89. The number of benzene rings is 1. The standard InChI is InChI=1S/C15H22N2O/c1-10(2)14(11(3)4)16-17-15(18)13-8-6-7-12(5)9-13/h6-11H,1-5H3,(H,17,18). The Morgan fingerprint density at radius 3 is 2.28 bits per heavy atom. The summed E-state index contributed by atoms with van der Waals surface area (Å²) in [7, 11) is 0. The average molecular weight is 246 g/mol. The first-order valence-corrected chi connectivity index (χ1v) is 6.36. The highest BCUT2D eigenvalue weighted by Gasteiger charge is 2.11. The van der Waals surface area contributed by atoms with Crippen LogP contribution in [-0.2, 0) is 0 Å². The Morgan fingerprint density at radius 1 is 1.17 bits per heavy atom. The summed E-state index contributed by atoms with van der Waals surface area (Å²) < 4.78 is 0. The summed E-state index contributed by atoms with van der Waals surface area (Å²) in [6.07, 6.45) is 0. The number of hydrogen-bond donors (Lipinski definition) is 1. The van der Waals surface area contributed by atoms with Gasteiger partial charge in [-0.3, -0.25) is 4.79 Å². The van der Waals surface area contributed by atoms with E-state index < -0.39 is 0 Å². The lowest BCUT2D eigenvalue weighted by molar-refractivity contribution is 0.0954. The van der Waals surface area contributed by atoms with E-state index in [-0.39, 0.29) is 5.91 Å². The van der Waals surface area contributed by atoms with Crippen molar-refractivity contribution in [3.63, 3.8) is 0 Å². The van der Waals surface area contributed by atoms with Gasteiger partial charge in [0.25, 0.3) is 5.91 Å². The van der Waals surface area contributed by atoms with Crippen molar-refractivity contribution in [2.24, 2.45) is 16.9 Å². The molecule has 0 bridgehead atoms. The number of nitrogens with zero attached hydrogens (tertiary/aromatic N) is 1. The van der Waals surface area contributed by atoms with Crippen LogP contribution in [0.4, 0.5) is 0 Å². The van der Waals surface area contributed by atoms with Gasteiger partial charge in [-0.2, -0.15) is 5.10 Å². The summed E-state index contributed by atoms with van der Waals surface area (Å²) in [5, 5.41) is 4.25. The molecule has 1 amide bonds. The molecule has 0 spiro atoms. The van der Waals surface area contributed by atoms with Crippen molar-refractivity contribution in [1.29, 1.82) is 0 Å². The van der Waals surface area contributed by atoms with E-state index in [0.717, 1.165) is 11.3 Å². The van der Waals surface area contributed by atoms with Gasteiger partial charge in [0.1, 0.15) is 0 Å². The molecule has 0 fully saturated rings. The second kappa shape index (κ2) is 6.34. The fraction of sp³-hybridized carbons (Fsp3) is 0.467. The van der Waals surface area contributed by atoms with Gasteiger partial charge in [-0.15, -0.1) is 0 Å². The van der Waals surface area contributed by atoms with Crippen molar-refractivity contribution >= 4 is 11.6 Å². The van der Waals surface area contributed by atoms with E-state index in [9.17, 15) is 4.79 Å². The molecular formula is C15H22N2O. The molecule has 0 heterocycles. The third kappa shape index (κ3) is 3.99. The van der Waals surface area contributed by atoms with Gasteiger partial charge in [-0.05, 0) is 30.9 Å². The molecular weight excluding hydrogens is 224 g/mol. The van der Waals surface area contributed by atoms with E-state index >= 15 is 0 Å². The number of carbonyl (C=O) groups is 1. The SMILES string of the molecule is Cc1cccc(C(=O)NN=C(C(C)C)C(C)C)c1. The minimum Gasteiger partial charge on any atom is -0.267 e. The molecule has 0 unspecified atom stereocenters. The van der Waals surface area contributed by atoms with Gasteiger partial charge >= 0.3 is 0 Å². The largest absolute Gasteiger partial charge is 0.271 e. The van der Waals surface area contributed by atoms with Crippen LogP contribution in [0.2, 0.25) is 0 Å². The van der Waals surface area contributed by atoms with Crippen molar-refractivity contribution < 1.29 is 4.79 Å². The molecule has 98 valence electrons. The molecule has 3 heteroatoms. The minimum atomic E-state index is -0.155. The zero-order valence-corrected chi connectivity index (χ0v) is 11.8. The van der Waals surface area contributed by atoms with E-state index in [4.69, 9.17) is 0 Å². The van der Waals surface area contributed by atoms with Crippen molar-refractivity contribution in [2.45, 2.75) is 34.6 Å². The molecule has 1 rings (SSSR count). The van der Waals surface area contributed by atoms with E-state index in [1.807, 2.05) is 25.1 Å². The number of hydrogen-bond acceptors (Lipinski definition) is 2. The molecule has 0 saturated carbocycles. The third-order valence-electron chi connectivity index (χ3n) is 2.75. The fourth-order valence-corrected chi connectivity index (χ4v) is 1.89. The molecule has 18 heavy (non-hydrogen) atoms. The van der Waals surface area contributed by atoms with Crippen LogP contribution in [0.25, 0.3) is 0 Å². The highest BCUT2D eigenvalue weighted by molar-refractivity contribution is 5.96. The highest BCUT2D eigenvalue weighted by atomic mass is 16.2. The molecule has 0 aromatic heterocycles. The average Bonchev–Trinajstić information content (AvgIpc) is 2.28. The summed E-state index contributed by atoms with van der Waals surface area (Å²) in [4.78, 5) is 11.9. The van der Waals surface area contributed by atoms with Crippen LogP contribution in [0.5, 0.6) is 0 Å². The maximum Gasteiger partial charge on any atom is 0.271 e. The van der Waals surface area contributed by atoms with Crippen LogP contribution < -0.4 is 5.43 Å². The van der Waals surface area contributed by atoms with Gasteiger partial charge in [0.2, 0.25) is 0 Å². The van der Waals surface area contributed by atoms with Crippen molar-refractivity contribution in [3.05, 3.63) is 35.4 Å². The van der Waals surface area contributed by atoms with E-state index in [0.29, 0.717) is 17.4 Å². The number of amides is 1. The Labute approximate surface area is 109 Å². The van der Waals surface area contributed by atoms with Crippen LogP contribution in [0, 0.1) is 18.8 Å². The van der Waals surface area contributed by atoms with Crippen molar-refractivity contribution in [3.8, 4) is 0 Å². The lowest BCUT2D eigenvalue weighted by atomic mass is 9.98. The zero-order valence-electron chi connectivity index (χ0n) is 11.8. The normalized spacial score (nSPS) is 10.6. The Balaban J connectivity index is 2.79. The van der Waals surface area contributed by atoms with Crippen LogP contribution in [-0.4, -0.2) is 11.6 Å². The lowest BCUT2D eigenvalue weighted by Crippen LogP contribution is -2.24. The Kier molecular flexibility index (Phi) is 5.08. The minimum absolute atomic E-state index is 0.155. The summed E-state index contributed by atoms with van der Waals surface area (Å²) >= 11 is 0. The third-order valence-corrected chi connectivity index (χ3v) is 2.75. The number of rotatable bonds is 4. The number of hydrazone groups is 1. The monoisotopic (exact) mass is 246 g/mol. The van der Waals surface area contributed by atoms with Gasteiger partial charge in [0.05, 0.1) is 0 Å². The number of nitrogens with one attached hydrogen (secondary N) is 1. The van der Waals surface area contributed by atoms with Gasteiger partial charge in [-0.1, -0.05) is 45.4 Å². The van der Waals surface area contributed by atoms with Crippen LogP contribution >= 0.6 is 0 Å². The predicted octanol–water partition coefficient (Wildman–Crippen LogP) is 3.39. The first-order chi connectivity index (χ1) is 8.41. The van der Waals surface area contributed by atoms with Crippen LogP contribution in [0.15, 0.2) is 29.4 Å². The molecule has 0 aliphatic rings. The first kappa shape index (κ1) is 14.4. The second-order valence-electron chi connectivity index (χ2n) is 5.16. The molecule has 3 nitrogen and oxygen atoms in total. The van der Waals surface area contributed by atoms with Crippen LogP contribution in [0.3, 0.4) is 0 Å². The predicted molar refractivity (Wildman–Crippen MR) is 75.8 cm³/mol. The molecule has 1 N–H and O–H groups in total. The zero-order chi connectivity index (χ0) is 13.7. The number of carbonyl (C=O) groups excluding carboxylic acids is 1.